The molecule has 0 aliphatic heterocycles. The van der Waals surface area contributed by atoms with E-state index in [1.54, 1.807) is 0 Å². The fourth-order valence-electron chi connectivity index (χ4n) is 8.67. The van der Waals surface area contributed by atoms with Gasteiger partial charge in [0.05, 0.1) is 5.69 Å². The van der Waals surface area contributed by atoms with Crippen molar-refractivity contribution < 1.29 is 4.42 Å². The molecule has 0 spiro atoms. The first-order chi connectivity index (χ1) is 27.8. The molecule has 0 N–H and O–H groups in total. The van der Waals surface area contributed by atoms with Gasteiger partial charge in [0.15, 0.2) is 0 Å². The predicted octanol–water partition coefficient (Wildman–Crippen LogP) is 15.5. The molecule has 0 unspecified atom stereocenters. The average Bonchev–Trinajstić information content (AvgIpc) is 3.65. The average molecular weight is 714 g/mol. The number of para-hydroxylation sites is 1. The molecule has 0 bridgehead atoms. The van der Waals surface area contributed by atoms with Gasteiger partial charge in [-0.2, -0.15) is 0 Å². The molecule has 0 aliphatic rings. The van der Waals surface area contributed by atoms with Crippen LogP contribution in [-0.2, 0) is 0 Å². The smallest absolute Gasteiger partial charge is 0.137 e. The van der Waals surface area contributed by atoms with Crippen LogP contribution in [0.2, 0.25) is 0 Å². The Hall–Kier alpha value is -7.42. The van der Waals surface area contributed by atoms with Crippen LogP contribution in [0.15, 0.2) is 217 Å². The number of rotatable bonds is 6. The summed E-state index contributed by atoms with van der Waals surface area (Å²) in [5, 5.41) is 9.65. The fourth-order valence-corrected chi connectivity index (χ4v) is 8.67. The lowest BCUT2D eigenvalue weighted by molar-refractivity contribution is 0.669. The van der Waals surface area contributed by atoms with E-state index in [9.17, 15) is 0 Å². The molecule has 0 amide bonds. The second kappa shape index (κ2) is 13.2. The van der Waals surface area contributed by atoms with E-state index in [0.717, 1.165) is 44.6 Å². The molecule has 11 rings (SSSR count). The largest absolute Gasteiger partial charge is 0.456 e. The Kier molecular flexibility index (Phi) is 7.53. The number of hydrogen-bond donors (Lipinski definition) is 0. The molecule has 11 aromatic rings. The monoisotopic (exact) mass is 713 g/mol. The molecule has 0 fully saturated rings. The van der Waals surface area contributed by atoms with E-state index < -0.39 is 0 Å². The molecular formula is C54H35NO. The molecule has 1 heterocycles. The van der Waals surface area contributed by atoms with E-state index in [0.29, 0.717) is 0 Å². The molecule has 10 aromatic carbocycles. The van der Waals surface area contributed by atoms with Crippen molar-refractivity contribution in [3.05, 3.63) is 212 Å². The Balaban J connectivity index is 1.09. The van der Waals surface area contributed by atoms with Crippen molar-refractivity contribution in [2.45, 2.75) is 0 Å². The van der Waals surface area contributed by atoms with Gasteiger partial charge in [0, 0.05) is 33.6 Å². The minimum absolute atomic E-state index is 0.873. The van der Waals surface area contributed by atoms with Gasteiger partial charge in [0.1, 0.15) is 11.2 Å². The topological polar surface area (TPSA) is 16.4 Å². The zero-order valence-electron chi connectivity index (χ0n) is 30.6. The molecular weight excluding hydrogens is 679 g/mol. The van der Waals surface area contributed by atoms with Gasteiger partial charge in [-0.25, -0.2) is 0 Å². The van der Waals surface area contributed by atoms with Crippen LogP contribution in [-0.4, -0.2) is 0 Å². The number of benzene rings is 10. The lowest BCUT2D eigenvalue weighted by atomic mass is 9.84. The van der Waals surface area contributed by atoms with Crippen LogP contribution in [0.5, 0.6) is 0 Å². The summed E-state index contributed by atoms with van der Waals surface area (Å²) in [7, 11) is 0. The van der Waals surface area contributed by atoms with Crippen LogP contribution in [0.4, 0.5) is 17.1 Å². The van der Waals surface area contributed by atoms with Gasteiger partial charge < -0.3 is 9.32 Å². The van der Waals surface area contributed by atoms with E-state index in [-0.39, 0.29) is 0 Å². The van der Waals surface area contributed by atoms with Crippen molar-refractivity contribution in [2.24, 2.45) is 0 Å². The van der Waals surface area contributed by atoms with Gasteiger partial charge >= 0.3 is 0 Å². The Morgan fingerprint density at radius 3 is 1.59 bits per heavy atom. The molecule has 2 heteroatoms. The van der Waals surface area contributed by atoms with Gasteiger partial charge in [-0.3, -0.25) is 0 Å². The second-order valence-corrected chi connectivity index (χ2v) is 14.4. The molecule has 0 saturated carbocycles. The van der Waals surface area contributed by atoms with Gasteiger partial charge in [-0.1, -0.05) is 164 Å². The van der Waals surface area contributed by atoms with Gasteiger partial charge in [-0.15, -0.1) is 0 Å². The summed E-state index contributed by atoms with van der Waals surface area (Å²) >= 11 is 0. The number of anilines is 3. The van der Waals surface area contributed by atoms with Gasteiger partial charge in [0.2, 0.25) is 0 Å². The molecule has 0 atom stereocenters. The molecule has 2 nitrogen and oxygen atoms in total. The maximum absolute atomic E-state index is 6.39. The van der Waals surface area contributed by atoms with Crippen molar-refractivity contribution in [3.8, 4) is 33.4 Å². The van der Waals surface area contributed by atoms with E-state index in [4.69, 9.17) is 4.42 Å². The Labute approximate surface area is 325 Å². The zero-order valence-corrected chi connectivity index (χ0v) is 30.6. The number of nitrogens with zero attached hydrogens (tertiary/aromatic N) is 1. The summed E-state index contributed by atoms with van der Waals surface area (Å²) in [5.41, 5.74) is 12.3. The maximum Gasteiger partial charge on any atom is 0.137 e. The third kappa shape index (κ3) is 5.26. The summed E-state index contributed by atoms with van der Waals surface area (Å²) in [6, 6.07) is 76.5. The highest BCUT2D eigenvalue weighted by molar-refractivity contribution is 6.22. The lowest BCUT2D eigenvalue weighted by Gasteiger charge is -2.27. The maximum atomic E-state index is 6.39. The summed E-state index contributed by atoms with van der Waals surface area (Å²) in [5.74, 6) is 0. The number of hydrogen-bond acceptors (Lipinski definition) is 2. The van der Waals surface area contributed by atoms with Gasteiger partial charge in [-0.05, 0) is 103 Å². The lowest BCUT2D eigenvalue weighted by Crippen LogP contribution is -2.10. The van der Waals surface area contributed by atoms with Gasteiger partial charge in [0.25, 0.3) is 0 Å². The molecule has 262 valence electrons. The minimum atomic E-state index is 0.873. The van der Waals surface area contributed by atoms with Crippen molar-refractivity contribution in [2.75, 3.05) is 4.90 Å². The first-order valence-electron chi connectivity index (χ1n) is 19.2. The first-order valence-corrected chi connectivity index (χ1v) is 19.2. The molecule has 1 aromatic heterocycles. The quantitative estimate of drug-likeness (QED) is 0.160. The van der Waals surface area contributed by atoms with Crippen LogP contribution in [0.3, 0.4) is 0 Å². The Morgan fingerprint density at radius 1 is 0.286 bits per heavy atom. The third-order valence-electron chi connectivity index (χ3n) is 11.2. The zero-order chi connectivity index (χ0) is 37.0. The summed E-state index contributed by atoms with van der Waals surface area (Å²) in [4.78, 5) is 2.35. The van der Waals surface area contributed by atoms with Crippen LogP contribution < -0.4 is 4.90 Å². The van der Waals surface area contributed by atoms with Crippen molar-refractivity contribution in [3.63, 3.8) is 0 Å². The van der Waals surface area contributed by atoms with Crippen molar-refractivity contribution >= 4 is 71.3 Å². The highest BCUT2D eigenvalue weighted by Crippen LogP contribution is 2.46. The van der Waals surface area contributed by atoms with E-state index >= 15 is 0 Å². The van der Waals surface area contributed by atoms with E-state index in [1.807, 2.05) is 12.1 Å². The molecule has 0 aliphatic carbocycles. The number of fused-ring (bicyclic) bond motifs is 7. The highest BCUT2D eigenvalue weighted by atomic mass is 16.3. The summed E-state index contributed by atoms with van der Waals surface area (Å²) < 4.78 is 6.39. The van der Waals surface area contributed by atoms with E-state index in [1.165, 1.54) is 60.1 Å². The minimum Gasteiger partial charge on any atom is -0.456 e. The fraction of sp³-hybridized carbons (Fsp3) is 0. The first kappa shape index (κ1) is 32.0. The molecule has 56 heavy (non-hydrogen) atoms. The van der Waals surface area contributed by atoms with E-state index in [2.05, 4.69) is 205 Å². The van der Waals surface area contributed by atoms with Crippen LogP contribution in [0.25, 0.3) is 87.6 Å². The van der Waals surface area contributed by atoms with Crippen molar-refractivity contribution in [1.82, 2.24) is 0 Å². The SMILES string of the molecule is c1ccc(-c2c(-c3ccccc3)c3cc(-c4ccc(N(c5ccc6c(c5)oc5ccccc56)c5cccc6ccccc56)cc4)ccc3c3ccccc23)cc1. The highest BCUT2D eigenvalue weighted by Gasteiger charge is 2.20. The molecule has 0 radical (unpaired) electrons. The summed E-state index contributed by atoms with van der Waals surface area (Å²) in [6.45, 7) is 0. The Morgan fingerprint density at radius 2 is 0.821 bits per heavy atom. The standard InChI is InChI=1S/C54H35NO/c1-3-15-38(16-4-1)53-48-23-10-9-21-44(48)45-32-28-40(34-49(45)54(53)39-17-5-2-6-18-39)36-26-29-41(30-27-36)55(50-24-13-19-37-14-7-8-20-43(37)50)42-31-33-47-46-22-11-12-25-51(46)56-52(47)35-42/h1-35H. The summed E-state index contributed by atoms with van der Waals surface area (Å²) in [6.07, 6.45) is 0. The van der Waals surface area contributed by atoms with Crippen LogP contribution >= 0.6 is 0 Å². The number of furan rings is 1. The normalized spacial score (nSPS) is 11.6. The van der Waals surface area contributed by atoms with Crippen LogP contribution in [0, 0.1) is 0 Å². The molecule has 0 saturated heterocycles. The Bertz CT molecular complexity index is 3230. The third-order valence-corrected chi connectivity index (χ3v) is 11.2. The van der Waals surface area contributed by atoms with Crippen molar-refractivity contribution in [1.29, 1.82) is 0 Å². The predicted molar refractivity (Wildman–Crippen MR) is 237 cm³/mol. The van der Waals surface area contributed by atoms with Crippen LogP contribution in [0.1, 0.15) is 0 Å². The second-order valence-electron chi connectivity index (χ2n) is 14.4.